The molecular weight excluding hydrogens is 380 g/mol. The number of hydrogen-bond acceptors (Lipinski definition) is 7. The molecule has 1 aromatic carbocycles. The van der Waals surface area contributed by atoms with Gasteiger partial charge in [0, 0.05) is 6.92 Å². The minimum Gasteiger partial charge on any atom is -0.462 e. The van der Waals surface area contributed by atoms with Crippen molar-refractivity contribution in [2.45, 2.75) is 33.1 Å². The first-order chi connectivity index (χ1) is 13.5. The van der Waals surface area contributed by atoms with E-state index in [1.54, 1.807) is 31.2 Å². The Morgan fingerprint density at radius 1 is 1.14 bits per heavy atom. The SMILES string of the molecule is CCOC(=O)c1c(NC(C)=O)sc2c1CCCC2=NOC(=O)c1ccccc1. The number of rotatable bonds is 5. The summed E-state index contributed by atoms with van der Waals surface area (Å²) in [5, 5.41) is 7.18. The van der Waals surface area contributed by atoms with Gasteiger partial charge in [0.1, 0.15) is 5.00 Å². The van der Waals surface area contributed by atoms with Crippen LogP contribution in [0.1, 0.15) is 57.8 Å². The highest BCUT2D eigenvalue weighted by molar-refractivity contribution is 7.19. The lowest BCUT2D eigenvalue weighted by atomic mass is 9.94. The van der Waals surface area contributed by atoms with E-state index in [-0.39, 0.29) is 12.5 Å². The Hall–Kier alpha value is -3.00. The maximum atomic E-state index is 12.4. The maximum Gasteiger partial charge on any atom is 0.365 e. The molecule has 1 amide bonds. The molecule has 1 aliphatic carbocycles. The Labute approximate surface area is 166 Å². The number of thiophene rings is 1. The fourth-order valence-corrected chi connectivity index (χ4v) is 4.25. The molecule has 0 spiro atoms. The molecule has 3 rings (SSSR count). The van der Waals surface area contributed by atoms with Crippen molar-refractivity contribution in [3.63, 3.8) is 0 Å². The van der Waals surface area contributed by atoms with E-state index in [1.165, 1.54) is 18.3 Å². The number of hydrogen-bond donors (Lipinski definition) is 1. The molecule has 1 aliphatic rings. The van der Waals surface area contributed by atoms with Crippen molar-refractivity contribution in [3.8, 4) is 0 Å². The third-order valence-electron chi connectivity index (χ3n) is 4.13. The van der Waals surface area contributed by atoms with Crippen LogP contribution in [-0.2, 0) is 20.8 Å². The Balaban J connectivity index is 1.93. The minimum atomic E-state index is -0.551. The van der Waals surface area contributed by atoms with Crippen LogP contribution in [0, 0.1) is 0 Å². The van der Waals surface area contributed by atoms with E-state index < -0.39 is 11.9 Å². The summed E-state index contributed by atoms with van der Waals surface area (Å²) < 4.78 is 5.16. The topological polar surface area (TPSA) is 94.1 Å². The summed E-state index contributed by atoms with van der Waals surface area (Å²) in [6.07, 6.45) is 2.01. The molecule has 0 aliphatic heterocycles. The largest absolute Gasteiger partial charge is 0.462 e. The van der Waals surface area contributed by atoms with Gasteiger partial charge in [0.2, 0.25) is 5.91 Å². The van der Waals surface area contributed by atoms with Gasteiger partial charge in [0.05, 0.1) is 28.3 Å². The lowest BCUT2D eigenvalue weighted by Crippen LogP contribution is -2.16. The zero-order valence-electron chi connectivity index (χ0n) is 15.6. The van der Waals surface area contributed by atoms with Gasteiger partial charge in [-0.25, -0.2) is 9.59 Å². The van der Waals surface area contributed by atoms with Gasteiger partial charge in [-0.1, -0.05) is 23.4 Å². The predicted molar refractivity (Wildman–Crippen MR) is 106 cm³/mol. The third kappa shape index (κ3) is 4.28. The van der Waals surface area contributed by atoms with Crippen molar-refractivity contribution in [1.82, 2.24) is 0 Å². The van der Waals surface area contributed by atoms with Crippen LogP contribution in [0.3, 0.4) is 0 Å². The molecule has 0 radical (unpaired) electrons. The molecule has 1 aromatic heterocycles. The second kappa shape index (κ2) is 8.79. The van der Waals surface area contributed by atoms with Crippen LogP contribution in [0.2, 0.25) is 0 Å². The first-order valence-corrected chi connectivity index (χ1v) is 9.77. The minimum absolute atomic E-state index is 0.235. The highest BCUT2D eigenvalue weighted by Gasteiger charge is 2.30. The van der Waals surface area contributed by atoms with E-state index in [0.29, 0.717) is 34.7 Å². The summed E-state index contributed by atoms with van der Waals surface area (Å²) in [5.74, 6) is -1.31. The molecule has 146 valence electrons. The summed E-state index contributed by atoms with van der Waals surface area (Å²) in [5.41, 5.74) is 2.12. The van der Waals surface area contributed by atoms with Crippen molar-refractivity contribution in [2.75, 3.05) is 11.9 Å². The highest BCUT2D eigenvalue weighted by Crippen LogP contribution is 2.39. The number of carbonyl (C=O) groups excluding carboxylic acids is 3. The smallest absolute Gasteiger partial charge is 0.365 e. The average Bonchev–Trinajstić information content (AvgIpc) is 3.04. The van der Waals surface area contributed by atoms with E-state index in [0.717, 1.165) is 16.9 Å². The number of nitrogens with one attached hydrogen (secondary N) is 1. The molecule has 0 saturated carbocycles. The van der Waals surface area contributed by atoms with Crippen LogP contribution < -0.4 is 5.32 Å². The second-order valence-corrected chi connectivity index (χ2v) is 7.17. The number of nitrogens with zero attached hydrogens (tertiary/aromatic N) is 1. The van der Waals surface area contributed by atoms with Gasteiger partial charge in [-0.2, -0.15) is 0 Å². The van der Waals surface area contributed by atoms with E-state index in [1.807, 2.05) is 6.07 Å². The Morgan fingerprint density at radius 2 is 1.89 bits per heavy atom. The number of ether oxygens (including phenoxy) is 1. The van der Waals surface area contributed by atoms with Crippen molar-refractivity contribution in [3.05, 3.63) is 51.9 Å². The molecule has 0 unspecified atom stereocenters. The van der Waals surface area contributed by atoms with E-state index in [9.17, 15) is 14.4 Å². The van der Waals surface area contributed by atoms with Gasteiger partial charge in [0.15, 0.2) is 0 Å². The summed E-state index contributed by atoms with van der Waals surface area (Å²) in [4.78, 5) is 42.0. The summed E-state index contributed by atoms with van der Waals surface area (Å²) in [7, 11) is 0. The average molecular weight is 400 g/mol. The van der Waals surface area contributed by atoms with Crippen LogP contribution in [0.5, 0.6) is 0 Å². The zero-order chi connectivity index (χ0) is 20.1. The molecule has 28 heavy (non-hydrogen) atoms. The van der Waals surface area contributed by atoms with Crippen LogP contribution in [0.4, 0.5) is 5.00 Å². The summed E-state index contributed by atoms with van der Waals surface area (Å²) in [6, 6.07) is 8.59. The quantitative estimate of drug-likeness (QED) is 0.468. The van der Waals surface area contributed by atoms with Crippen molar-refractivity contribution < 1.29 is 24.0 Å². The van der Waals surface area contributed by atoms with Crippen molar-refractivity contribution in [2.24, 2.45) is 5.16 Å². The van der Waals surface area contributed by atoms with Crippen LogP contribution in [0.15, 0.2) is 35.5 Å². The maximum absolute atomic E-state index is 12.4. The van der Waals surface area contributed by atoms with Gasteiger partial charge in [-0.3, -0.25) is 4.79 Å². The van der Waals surface area contributed by atoms with Gasteiger partial charge in [-0.05, 0) is 43.9 Å². The molecule has 1 heterocycles. The zero-order valence-corrected chi connectivity index (χ0v) is 16.4. The number of carbonyl (C=O) groups is 3. The molecule has 0 atom stereocenters. The van der Waals surface area contributed by atoms with Gasteiger partial charge >= 0.3 is 11.9 Å². The number of esters is 1. The van der Waals surface area contributed by atoms with Crippen molar-refractivity contribution in [1.29, 1.82) is 0 Å². The standard InChI is InChI=1S/C20H20N2O5S/c1-3-26-20(25)16-14-10-7-11-15(17(14)28-18(16)21-12(2)23)22-27-19(24)13-8-5-4-6-9-13/h4-6,8-9H,3,7,10-11H2,1-2H3,(H,21,23). The van der Waals surface area contributed by atoms with Crippen molar-refractivity contribution >= 4 is 39.9 Å². The van der Waals surface area contributed by atoms with E-state index >= 15 is 0 Å². The van der Waals surface area contributed by atoms with Crippen LogP contribution >= 0.6 is 11.3 Å². The van der Waals surface area contributed by atoms with E-state index in [2.05, 4.69) is 10.5 Å². The summed E-state index contributed by atoms with van der Waals surface area (Å²) >= 11 is 1.25. The number of oxime groups is 1. The fraction of sp³-hybridized carbons (Fsp3) is 0.300. The molecule has 1 N–H and O–H groups in total. The normalized spacial score (nSPS) is 14.3. The first kappa shape index (κ1) is 19.8. The number of benzene rings is 1. The van der Waals surface area contributed by atoms with E-state index in [4.69, 9.17) is 9.57 Å². The van der Waals surface area contributed by atoms with Gasteiger partial charge in [0.25, 0.3) is 0 Å². The lowest BCUT2D eigenvalue weighted by molar-refractivity contribution is -0.114. The van der Waals surface area contributed by atoms with Crippen LogP contribution in [0.25, 0.3) is 0 Å². The Morgan fingerprint density at radius 3 is 2.57 bits per heavy atom. The molecule has 0 bridgehead atoms. The van der Waals surface area contributed by atoms with Gasteiger partial charge in [-0.15, -0.1) is 11.3 Å². The molecule has 8 heteroatoms. The predicted octanol–water partition coefficient (Wildman–Crippen LogP) is 3.78. The number of amides is 1. The first-order valence-electron chi connectivity index (χ1n) is 8.95. The molecule has 0 fully saturated rings. The molecule has 7 nitrogen and oxygen atoms in total. The Bertz CT molecular complexity index is 934. The Kier molecular flexibility index (Phi) is 6.20. The van der Waals surface area contributed by atoms with Crippen LogP contribution in [-0.4, -0.2) is 30.2 Å². The molecule has 0 saturated heterocycles. The monoisotopic (exact) mass is 400 g/mol. The second-order valence-electron chi connectivity index (χ2n) is 6.15. The lowest BCUT2D eigenvalue weighted by Gasteiger charge is -2.14. The molecular formula is C20H20N2O5S. The summed E-state index contributed by atoms with van der Waals surface area (Å²) in [6.45, 7) is 3.34. The van der Waals surface area contributed by atoms with Gasteiger partial charge < -0.3 is 14.9 Å². The fourth-order valence-electron chi connectivity index (χ4n) is 2.96. The number of fused-ring (bicyclic) bond motifs is 1. The highest BCUT2D eigenvalue weighted by atomic mass is 32.1. The number of anilines is 1. The molecule has 2 aromatic rings. The third-order valence-corrected chi connectivity index (χ3v) is 5.32.